The van der Waals surface area contributed by atoms with Crippen molar-refractivity contribution in [1.82, 2.24) is 10.6 Å². The van der Waals surface area contributed by atoms with Crippen molar-refractivity contribution in [2.24, 2.45) is 5.92 Å². The lowest BCUT2D eigenvalue weighted by Crippen LogP contribution is -2.45. The second-order valence-corrected chi connectivity index (χ2v) is 9.55. The number of urea groups is 1. The third-order valence-electron chi connectivity index (χ3n) is 5.03. The van der Waals surface area contributed by atoms with Gasteiger partial charge in [0.25, 0.3) is 0 Å². The molecule has 0 bridgehead atoms. The van der Waals surface area contributed by atoms with Gasteiger partial charge in [0.1, 0.15) is 17.4 Å². The molecule has 0 spiro atoms. The summed E-state index contributed by atoms with van der Waals surface area (Å²) in [6, 6.07) is 2.82. The van der Waals surface area contributed by atoms with E-state index in [4.69, 9.17) is 4.74 Å². The maximum atomic E-state index is 13.2. The van der Waals surface area contributed by atoms with Crippen LogP contribution in [0.4, 0.5) is 13.6 Å². The second-order valence-electron chi connectivity index (χ2n) is 7.32. The minimum absolute atomic E-state index is 0.00130. The lowest BCUT2D eigenvalue weighted by atomic mass is 9.93. The van der Waals surface area contributed by atoms with Crippen LogP contribution in [0, 0.1) is 17.6 Å². The van der Waals surface area contributed by atoms with Crippen molar-refractivity contribution in [2.45, 2.75) is 44.2 Å². The fourth-order valence-electron chi connectivity index (χ4n) is 3.62. The van der Waals surface area contributed by atoms with Gasteiger partial charge in [-0.2, -0.15) is 0 Å². The quantitative estimate of drug-likeness (QED) is 0.792. The molecule has 1 aliphatic carbocycles. The van der Waals surface area contributed by atoms with E-state index in [2.05, 4.69) is 10.6 Å². The molecule has 1 aliphatic heterocycles. The monoisotopic (exact) mass is 402 g/mol. The predicted octanol–water partition coefficient (Wildman–Crippen LogP) is 2.39. The first kappa shape index (κ1) is 19.9. The van der Waals surface area contributed by atoms with Crippen molar-refractivity contribution in [2.75, 3.05) is 18.1 Å². The van der Waals surface area contributed by atoms with Crippen molar-refractivity contribution in [3.05, 3.63) is 29.8 Å². The minimum atomic E-state index is -2.94. The predicted molar refractivity (Wildman–Crippen MR) is 96.3 cm³/mol. The van der Waals surface area contributed by atoms with Crippen molar-refractivity contribution in [3.8, 4) is 5.75 Å². The molecule has 0 radical (unpaired) electrons. The number of nitrogens with one attached hydrogen (secondary N) is 2. The van der Waals surface area contributed by atoms with Crippen molar-refractivity contribution >= 4 is 15.9 Å². The van der Waals surface area contributed by atoms with Crippen molar-refractivity contribution in [1.29, 1.82) is 0 Å². The lowest BCUT2D eigenvalue weighted by Gasteiger charge is -2.29. The molecule has 150 valence electrons. The largest absolute Gasteiger partial charge is 0.490 e. The van der Waals surface area contributed by atoms with Gasteiger partial charge >= 0.3 is 6.03 Å². The molecule has 1 saturated carbocycles. The Morgan fingerprint density at radius 2 is 1.74 bits per heavy atom. The third kappa shape index (κ3) is 6.05. The van der Waals surface area contributed by atoms with Crippen molar-refractivity contribution in [3.63, 3.8) is 0 Å². The topological polar surface area (TPSA) is 84.5 Å². The lowest BCUT2D eigenvalue weighted by molar-refractivity contribution is 0.139. The molecule has 1 atom stereocenters. The van der Waals surface area contributed by atoms with Gasteiger partial charge in [0.05, 0.1) is 17.6 Å². The first-order valence-corrected chi connectivity index (χ1v) is 11.0. The van der Waals surface area contributed by atoms with E-state index in [-0.39, 0.29) is 41.4 Å². The molecule has 1 aromatic carbocycles. The minimum Gasteiger partial charge on any atom is -0.490 e. The average Bonchev–Trinajstić information content (AvgIpc) is 2.93. The Morgan fingerprint density at radius 3 is 2.33 bits per heavy atom. The van der Waals surface area contributed by atoms with E-state index in [1.165, 1.54) is 0 Å². The third-order valence-corrected chi connectivity index (χ3v) is 6.86. The molecule has 0 aromatic heterocycles. The van der Waals surface area contributed by atoms with E-state index in [0.717, 1.165) is 18.2 Å². The fourth-order valence-corrected chi connectivity index (χ4v) is 5.48. The molecule has 3 rings (SSSR count). The van der Waals surface area contributed by atoms with Gasteiger partial charge in [0.2, 0.25) is 0 Å². The fraction of sp³-hybridized carbons (Fsp3) is 0.611. The van der Waals surface area contributed by atoms with Crippen molar-refractivity contribution < 1.29 is 26.7 Å². The van der Waals surface area contributed by atoms with E-state index < -0.39 is 21.5 Å². The number of benzene rings is 1. The molecule has 1 heterocycles. The molecule has 2 aliphatic rings. The van der Waals surface area contributed by atoms with E-state index in [0.29, 0.717) is 38.6 Å². The molecule has 1 saturated heterocycles. The molecule has 2 amide bonds. The van der Waals surface area contributed by atoms with E-state index in [1.807, 2.05) is 0 Å². The molecular formula is C18H24F2N2O4S. The Kier molecular flexibility index (Phi) is 6.18. The van der Waals surface area contributed by atoms with Crippen LogP contribution in [0.2, 0.25) is 0 Å². The Morgan fingerprint density at radius 1 is 1.07 bits per heavy atom. The molecule has 1 aromatic rings. The Balaban J connectivity index is 1.37. The number of ether oxygens (including phenoxy) is 1. The number of hydrogen-bond acceptors (Lipinski definition) is 4. The Labute approximate surface area is 157 Å². The van der Waals surface area contributed by atoms with E-state index in [9.17, 15) is 22.0 Å². The number of amides is 2. The van der Waals surface area contributed by atoms with Crippen LogP contribution in [-0.2, 0) is 9.84 Å². The first-order chi connectivity index (χ1) is 12.8. The molecule has 9 heteroatoms. The number of carbonyl (C=O) groups excluding carboxylic acids is 1. The molecule has 2 fully saturated rings. The summed E-state index contributed by atoms with van der Waals surface area (Å²) >= 11 is 0. The average molecular weight is 402 g/mol. The zero-order valence-electron chi connectivity index (χ0n) is 14.9. The number of halogens is 2. The van der Waals surface area contributed by atoms with E-state index in [1.54, 1.807) is 0 Å². The van der Waals surface area contributed by atoms with E-state index >= 15 is 0 Å². The van der Waals surface area contributed by atoms with Gasteiger partial charge < -0.3 is 15.4 Å². The highest BCUT2D eigenvalue weighted by atomic mass is 32.2. The highest BCUT2D eigenvalue weighted by Crippen LogP contribution is 2.25. The van der Waals surface area contributed by atoms with Crippen LogP contribution in [0.25, 0.3) is 0 Å². The van der Waals surface area contributed by atoms with Crippen LogP contribution < -0.4 is 15.4 Å². The Hall–Kier alpha value is -1.90. The Bertz CT molecular complexity index is 759. The molecular weight excluding hydrogens is 378 g/mol. The van der Waals surface area contributed by atoms with Gasteiger partial charge in [-0.1, -0.05) is 0 Å². The van der Waals surface area contributed by atoms with Gasteiger partial charge in [-0.25, -0.2) is 22.0 Å². The molecule has 6 nitrogen and oxygen atoms in total. The van der Waals surface area contributed by atoms with Gasteiger partial charge in [-0.15, -0.1) is 0 Å². The summed E-state index contributed by atoms with van der Waals surface area (Å²) in [6.45, 7) is 0.356. The van der Waals surface area contributed by atoms with Gasteiger partial charge in [0, 0.05) is 30.8 Å². The van der Waals surface area contributed by atoms with Gasteiger partial charge in [-0.05, 0) is 38.0 Å². The zero-order valence-corrected chi connectivity index (χ0v) is 15.7. The first-order valence-electron chi connectivity index (χ1n) is 9.16. The summed E-state index contributed by atoms with van der Waals surface area (Å²) < 4.78 is 54.9. The molecule has 27 heavy (non-hydrogen) atoms. The smallest absolute Gasteiger partial charge is 0.315 e. The summed E-state index contributed by atoms with van der Waals surface area (Å²) in [5.74, 6) is -0.861. The zero-order chi connectivity index (χ0) is 19.4. The highest BCUT2D eigenvalue weighted by molar-refractivity contribution is 7.91. The number of carbonyl (C=O) groups is 1. The maximum absolute atomic E-state index is 13.2. The summed E-state index contributed by atoms with van der Waals surface area (Å²) in [4.78, 5) is 12.0. The van der Waals surface area contributed by atoms with Gasteiger partial charge in [0.15, 0.2) is 9.84 Å². The number of sulfone groups is 1. The van der Waals surface area contributed by atoms with Crippen LogP contribution >= 0.6 is 0 Å². The summed E-state index contributed by atoms with van der Waals surface area (Å²) in [5, 5.41) is 5.64. The highest BCUT2D eigenvalue weighted by Gasteiger charge is 2.28. The van der Waals surface area contributed by atoms with Crippen LogP contribution in [0.3, 0.4) is 0 Å². The van der Waals surface area contributed by atoms with Crippen LogP contribution in [0.15, 0.2) is 18.2 Å². The summed E-state index contributed by atoms with van der Waals surface area (Å²) in [7, 11) is -2.94. The van der Waals surface area contributed by atoms with Gasteiger partial charge in [-0.3, -0.25) is 0 Å². The number of rotatable bonds is 5. The summed E-state index contributed by atoms with van der Waals surface area (Å²) in [6.07, 6.45) is 3.19. The maximum Gasteiger partial charge on any atom is 0.315 e. The SMILES string of the molecule is O=C(NCC1CCS(=O)(=O)C1)NC1CCC(Oc2cc(F)cc(F)c2)CC1. The van der Waals surface area contributed by atoms with Crippen LogP contribution in [-0.4, -0.2) is 44.6 Å². The normalized spacial score (nSPS) is 27.1. The molecule has 1 unspecified atom stereocenters. The number of hydrogen-bond donors (Lipinski definition) is 2. The van der Waals surface area contributed by atoms with Crippen LogP contribution in [0.5, 0.6) is 5.75 Å². The molecule has 2 N–H and O–H groups in total. The standard InChI is InChI=1S/C18H24F2N2O4S/c19-13-7-14(20)9-17(8-13)26-16-3-1-15(2-4-16)22-18(23)21-10-12-5-6-27(24,25)11-12/h7-9,12,15-16H,1-6,10-11H2,(H2,21,22,23). The summed E-state index contributed by atoms with van der Waals surface area (Å²) in [5.41, 5.74) is 0. The second kappa shape index (κ2) is 8.41. The van der Waals surface area contributed by atoms with Crippen LogP contribution in [0.1, 0.15) is 32.1 Å².